The van der Waals surface area contributed by atoms with E-state index in [1.165, 1.54) is 0 Å². The first-order valence-electron chi connectivity index (χ1n) is 7.71. The number of anilines is 1. The zero-order chi connectivity index (χ0) is 17.6. The lowest BCUT2D eigenvalue weighted by molar-refractivity contribution is 0.102. The second-order valence-corrected chi connectivity index (χ2v) is 5.34. The highest BCUT2D eigenvalue weighted by atomic mass is 16.1. The molecule has 120 valence electrons. The summed E-state index contributed by atoms with van der Waals surface area (Å²) in [7, 11) is 0. The second kappa shape index (κ2) is 7.24. The van der Waals surface area contributed by atoms with Crippen LogP contribution in [0.1, 0.15) is 21.6 Å². The highest BCUT2D eigenvalue weighted by Crippen LogP contribution is 2.28. The molecule has 0 unspecified atom stereocenters. The molecule has 3 rings (SSSR count). The Hall–Kier alpha value is -3.71. The van der Waals surface area contributed by atoms with Crippen LogP contribution in [0.5, 0.6) is 0 Å². The summed E-state index contributed by atoms with van der Waals surface area (Å²) in [6.45, 7) is 3.66. The number of aromatic nitrogens is 1. The fraction of sp³-hybridized carbons (Fsp3) is 0. The normalized spacial score (nSPS) is 9.88. The first-order chi connectivity index (χ1) is 12.2. The Balaban J connectivity index is 1.93. The molecule has 0 aliphatic heterocycles. The molecule has 0 aliphatic carbocycles. The van der Waals surface area contributed by atoms with Gasteiger partial charge in [0.15, 0.2) is 0 Å². The molecule has 1 heterocycles. The Morgan fingerprint density at radius 3 is 2.52 bits per heavy atom. The average Bonchev–Trinajstić information content (AvgIpc) is 2.68. The van der Waals surface area contributed by atoms with Crippen LogP contribution < -0.4 is 5.32 Å². The van der Waals surface area contributed by atoms with Crippen LogP contribution in [-0.4, -0.2) is 10.9 Å². The van der Waals surface area contributed by atoms with Crippen molar-refractivity contribution in [1.82, 2.24) is 4.98 Å². The first-order valence-corrected chi connectivity index (χ1v) is 7.71. The highest BCUT2D eigenvalue weighted by molar-refractivity contribution is 6.04. The van der Waals surface area contributed by atoms with Crippen molar-refractivity contribution in [3.05, 3.63) is 90.3 Å². The molecule has 0 bridgehead atoms. The molecule has 4 heteroatoms. The largest absolute Gasteiger partial charge is 0.319 e. The van der Waals surface area contributed by atoms with Gasteiger partial charge in [0.1, 0.15) is 11.8 Å². The fourth-order valence-corrected chi connectivity index (χ4v) is 2.48. The number of carbonyl (C=O) groups excluding carboxylic acids is 1. The van der Waals surface area contributed by atoms with E-state index < -0.39 is 0 Å². The van der Waals surface area contributed by atoms with Crippen molar-refractivity contribution in [2.75, 3.05) is 5.32 Å². The lowest BCUT2D eigenvalue weighted by Crippen LogP contribution is -2.14. The quantitative estimate of drug-likeness (QED) is 0.767. The standard InChI is InChI=1S/C21H15N3O/c1-2-15-11-12-20(23-14-15)21(25)24-19-10-6-9-17(18(19)13-22)16-7-4-3-5-8-16/h2-12,14H,1H2,(H,24,25). The van der Waals surface area contributed by atoms with Gasteiger partial charge in [-0.3, -0.25) is 9.78 Å². The average molecular weight is 325 g/mol. The molecule has 25 heavy (non-hydrogen) atoms. The van der Waals surface area contributed by atoms with Crippen LogP contribution in [0.4, 0.5) is 5.69 Å². The van der Waals surface area contributed by atoms with E-state index in [0.29, 0.717) is 11.3 Å². The summed E-state index contributed by atoms with van der Waals surface area (Å²) in [5, 5.41) is 12.4. The minimum Gasteiger partial charge on any atom is -0.319 e. The van der Waals surface area contributed by atoms with Crippen LogP contribution in [0.2, 0.25) is 0 Å². The Bertz CT molecular complexity index is 955. The van der Waals surface area contributed by atoms with Crippen LogP contribution in [0.3, 0.4) is 0 Å². The van der Waals surface area contributed by atoms with Gasteiger partial charge in [-0.25, -0.2) is 0 Å². The SMILES string of the molecule is C=Cc1ccc(C(=O)Nc2cccc(-c3ccccc3)c2C#N)nc1. The van der Waals surface area contributed by atoms with Crippen LogP contribution >= 0.6 is 0 Å². The molecule has 0 fully saturated rings. The minimum atomic E-state index is -0.364. The first kappa shape index (κ1) is 16.2. The van der Waals surface area contributed by atoms with Gasteiger partial charge >= 0.3 is 0 Å². The highest BCUT2D eigenvalue weighted by Gasteiger charge is 2.14. The van der Waals surface area contributed by atoms with Gasteiger partial charge < -0.3 is 5.32 Å². The summed E-state index contributed by atoms with van der Waals surface area (Å²) < 4.78 is 0. The molecule has 2 aromatic carbocycles. The van der Waals surface area contributed by atoms with Crippen LogP contribution in [0.25, 0.3) is 17.2 Å². The van der Waals surface area contributed by atoms with E-state index in [0.717, 1.165) is 16.7 Å². The molecule has 3 aromatic rings. The maximum atomic E-state index is 12.4. The van der Waals surface area contributed by atoms with Crippen molar-refractivity contribution in [2.45, 2.75) is 0 Å². The lowest BCUT2D eigenvalue weighted by atomic mass is 9.99. The molecule has 1 aromatic heterocycles. The summed E-state index contributed by atoms with van der Waals surface area (Å²) >= 11 is 0. The number of carbonyl (C=O) groups is 1. The van der Waals surface area contributed by atoms with E-state index in [2.05, 4.69) is 22.9 Å². The molecule has 1 amide bonds. The Kier molecular flexibility index (Phi) is 4.68. The van der Waals surface area contributed by atoms with Crippen LogP contribution in [0.15, 0.2) is 73.4 Å². The summed E-state index contributed by atoms with van der Waals surface area (Å²) in [6.07, 6.45) is 3.24. The second-order valence-electron chi connectivity index (χ2n) is 5.34. The molecule has 4 nitrogen and oxygen atoms in total. The number of benzene rings is 2. The van der Waals surface area contributed by atoms with Crippen molar-refractivity contribution in [1.29, 1.82) is 5.26 Å². The van der Waals surface area contributed by atoms with Gasteiger partial charge in [0.05, 0.1) is 11.3 Å². The lowest BCUT2D eigenvalue weighted by Gasteiger charge is -2.11. The van der Waals surface area contributed by atoms with E-state index in [9.17, 15) is 10.1 Å². The molecule has 0 aliphatic rings. The third-order valence-corrected chi connectivity index (χ3v) is 3.76. The van der Waals surface area contributed by atoms with E-state index in [1.54, 1.807) is 30.5 Å². The number of hydrogen-bond acceptors (Lipinski definition) is 3. The van der Waals surface area contributed by atoms with Crippen LogP contribution in [0, 0.1) is 11.3 Å². The van der Waals surface area contributed by atoms with Crippen molar-refractivity contribution >= 4 is 17.7 Å². The molecule has 0 radical (unpaired) electrons. The number of nitrogens with zero attached hydrogens (tertiary/aromatic N) is 2. The molecule has 0 atom stereocenters. The summed E-state index contributed by atoms with van der Waals surface area (Å²) in [4.78, 5) is 16.5. The predicted octanol–water partition coefficient (Wildman–Crippen LogP) is 4.52. The number of nitrogens with one attached hydrogen (secondary N) is 1. The Morgan fingerprint density at radius 2 is 1.88 bits per heavy atom. The third-order valence-electron chi connectivity index (χ3n) is 3.76. The van der Waals surface area contributed by atoms with Gasteiger partial charge in [-0.05, 0) is 23.3 Å². The zero-order valence-corrected chi connectivity index (χ0v) is 13.4. The van der Waals surface area contributed by atoms with Crippen LogP contribution in [-0.2, 0) is 0 Å². The topological polar surface area (TPSA) is 65.8 Å². The van der Waals surface area contributed by atoms with E-state index in [1.807, 2.05) is 42.5 Å². The van der Waals surface area contributed by atoms with Gasteiger partial charge in [0, 0.05) is 11.8 Å². The monoisotopic (exact) mass is 325 g/mol. The van der Waals surface area contributed by atoms with Gasteiger partial charge in [-0.15, -0.1) is 0 Å². The number of rotatable bonds is 4. The minimum absolute atomic E-state index is 0.277. The summed E-state index contributed by atoms with van der Waals surface area (Å²) in [6, 6.07) is 20.6. The van der Waals surface area contributed by atoms with Gasteiger partial charge in [0.25, 0.3) is 5.91 Å². The van der Waals surface area contributed by atoms with E-state index >= 15 is 0 Å². The molecular formula is C21H15N3O. The third kappa shape index (κ3) is 3.46. The zero-order valence-electron chi connectivity index (χ0n) is 13.4. The van der Waals surface area contributed by atoms with Gasteiger partial charge in [-0.1, -0.05) is 61.2 Å². The van der Waals surface area contributed by atoms with E-state index in [-0.39, 0.29) is 11.6 Å². The van der Waals surface area contributed by atoms with Crippen molar-refractivity contribution in [3.63, 3.8) is 0 Å². The van der Waals surface area contributed by atoms with Crippen molar-refractivity contribution < 1.29 is 4.79 Å². The molecular weight excluding hydrogens is 310 g/mol. The van der Waals surface area contributed by atoms with Gasteiger partial charge in [-0.2, -0.15) is 5.26 Å². The number of hydrogen-bond donors (Lipinski definition) is 1. The molecule has 0 saturated heterocycles. The number of amides is 1. The molecule has 1 N–H and O–H groups in total. The fourth-order valence-electron chi connectivity index (χ4n) is 2.48. The Labute approximate surface area is 146 Å². The van der Waals surface area contributed by atoms with Gasteiger partial charge in [0.2, 0.25) is 0 Å². The summed E-state index contributed by atoms with van der Waals surface area (Å²) in [5.74, 6) is -0.364. The van der Waals surface area contributed by atoms with Crippen molar-refractivity contribution in [3.8, 4) is 17.2 Å². The van der Waals surface area contributed by atoms with Crippen molar-refractivity contribution in [2.24, 2.45) is 0 Å². The number of pyridine rings is 1. The number of nitriles is 1. The summed E-state index contributed by atoms with van der Waals surface area (Å²) in [5.41, 5.74) is 3.69. The maximum Gasteiger partial charge on any atom is 0.274 e. The predicted molar refractivity (Wildman–Crippen MR) is 98.9 cm³/mol. The molecule has 0 saturated carbocycles. The maximum absolute atomic E-state index is 12.4. The Morgan fingerprint density at radius 1 is 1.08 bits per heavy atom. The van der Waals surface area contributed by atoms with E-state index in [4.69, 9.17) is 0 Å². The molecule has 0 spiro atoms. The smallest absolute Gasteiger partial charge is 0.274 e.